The summed E-state index contributed by atoms with van der Waals surface area (Å²) in [6.07, 6.45) is -3.87. The molecule has 0 saturated carbocycles. The first-order valence-electron chi connectivity index (χ1n) is 6.90. The smallest absolute Gasteiger partial charge is 0.369 e. The van der Waals surface area contributed by atoms with Gasteiger partial charge in [-0.1, -0.05) is 38.1 Å². The van der Waals surface area contributed by atoms with Gasteiger partial charge in [-0.05, 0) is 36.3 Å². The lowest BCUT2D eigenvalue weighted by Gasteiger charge is -2.42. The maximum atomic E-state index is 13.8. The van der Waals surface area contributed by atoms with Crippen molar-refractivity contribution in [3.05, 3.63) is 35.4 Å². The predicted octanol–water partition coefficient (Wildman–Crippen LogP) is 4.45. The van der Waals surface area contributed by atoms with Gasteiger partial charge in [0.2, 0.25) is 0 Å². The minimum Gasteiger partial charge on any atom is -0.369 e. The van der Waals surface area contributed by atoms with E-state index in [4.69, 9.17) is 4.74 Å². The summed E-state index contributed by atoms with van der Waals surface area (Å²) in [5.41, 5.74) is -1.82. The molecule has 1 aliphatic heterocycles. The molecular formula is C16H19F3O. The van der Waals surface area contributed by atoms with Gasteiger partial charge in [-0.2, -0.15) is 13.2 Å². The third-order valence-corrected chi connectivity index (χ3v) is 4.95. The van der Waals surface area contributed by atoms with E-state index in [1.165, 1.54) is 6.92 Å². The number of alkyl halides is 3. The zero-order chi connectivity index (χ0) is 14.8. The highest BCUT2D eigenvalue weighted by Crippen LogP contribution is 2.65. The van der Waals surface area contributed by atoms with Crippen LogP contribution in [0.2, 0.25) is 0 Å². The van der Waals surface area contributed by atoms with Gasteiger partial charge < -0.3 is 4.74 Å². The number of benzene rings is 1. The Kier molecular flexibility index (Phi) is 2.64. The zero-order valence-corrected chi connectivity index (χ0v) is 12.0. The quantitative estimate of drug-likeness (QED) is 0.683. The molecule has 1 aromatic carbocycles. The topological polar surface area (TPSA) is 9.23 Å². The molecule has 0 bridgehead atoms. The molecule has 0 radical (unpaired) electrons. The fraction of sp³-hybridized carbons (Fsp3) is 0.625. The molecule has 1 fully saturated rings. The molecular weight excluding hydrogens is 265 g/mol. The van der Waals surface area contributed by atoms with Gasteiger partial charge in [0.15, 0.2) is 0 Å². The van der Waals surface area contributed by atoms with E-state index < -0.39 is 17.2 Å². The second-order valence-electron chi connectivity index (χ2n) is 7.12. The lowest BCUT2D eigenvalue weighted by Crippen LogP contribution is -2.50. The Balaban J connectivity index is 2.21. The van der Waals surface area contributed by atoms with Crippen LogP contribution in [-0.4, -0.2) is 12.8 Å². The van der Waals surface area contributed by atoms with Gasteiger partial charge in [-0.15, -0.1) is 0 Å². The molecule has 2 aliphatic rings. The average molecular weight is 284 g/mol. The summed E-state index contributed by atoms with van der Waals surface area (Å²) >= 11 is 0. The van der Waals surface area contributed by atoms with E-state index in [9.17, 15) is 13.2 Å². The predicted molar refractivity (Wildman–Crippen MR) is 70.3 cm³/mol. The van der Waals surface area contributed by atoms with Gasteiger partial charge >= 0.3 is 6.18 Å². The third-order valence-electron chi connectivity index (χ3n) is 4.95. The monoisotopic (exact) mass is 284 g/mol. The average Bonchev–Trinajstić information content (AvgIpc) is 2.77. The number of fused-ring (bicyclic) bond motifs is 2. The van der Waals surface area contributed by atoms with Crippen LogP contribution in [0.5, 0.6) is 0 Å². The molecule has 0 unspecified atom stereocenters. The van der Waals surface area contributed by atoms with Crippen molar-refractivity contribution in [3.63, 3.8) is 0 Å². The Morgan fingerprint density at radius 2 is 1.75 bits per heavy atom. The van der Waals surface area contributed by atoms with Gasteiger partial charge in [0.25, 0.3) is 0 Å². The van der Waals surface area contributed by atoms with Crippen LogP contribution in [0.4, 0.5) is 13.2 Å². The van der Waals surface area contributed by atoms with Crippen LogP contribution in [0.25, 0.3) is 0 Å². The maximum Gasteiger partial charge on any atom is 0.397 e. The lowest BCUT2D eigenvalue weighted by atomic mass is 9.68. The first-order valence-corrected chi connectivity index (χ1v) is 6.90. The van der Waals surface area contributed by atoms with Crippen LogP contribution in [0.1, 0.15) is 38.3 Å². The summed E-state index contributed by atoms with van der Waals surface area (Å²) in [7, 11) is 0. The Bertz CT molecular complexity index is 549. The van der Waals surface area contributed by atoms with Crippen LogP contribution in [-0.2, 0) is 16.8 Å². The van der Waals surface area contributed by atoms with E-state index in [1.54, 1.807) is 24.3 Å². The maximum absolute atomic E-state index is 13.8. The first kappa shape index (κ1) is 13.9. The van der Waals surface area contributed by atoms with Gasteiger partial charge in [-0.3, -0.25) is 0 Å². The van der Waals surface area contributed by atoms with Crippen molar-refractivity contribution in [2.45, 2.75) is 45.4 Å². The third kappa shape index (κ3) is 1.60. The minimum atomic E-state index is -4.29. The fourth-order valence-corrected chi connectivity index (χ4v) is 3.84. The molecule has 20 heavy (non-hydrogen) atoms. The summed E-state index contributed by atoms with van der Waals surface area (Å²) in [4.78, 5) is 0. The molecule has 2 atom stereocenters. The molecule has 110 valence electrons. The van der Waals surface area contributed by atoms with Crippen LogP contribution in [0.3, 0.4) is 0 Å². The molecule has 1 nitrogen and oxygen atoms in total. The van der Waals surface area contributed by atoms with Crippen molar-refractivity contribution in [2.24, 2.45) is 10.8 Å². The standard InChI is InChI=1S/C16H19F3O/c1-13(2)9-15(20-10-13)12-7-5-4-6-11(12)8-14(15,3)16(17,18)19/h4-7H,8-10H2,1-3H3/t14-,15+/m0/s1. The SMILES string of the molecule is CC1(C)CO[C@]2(C1)c1ccccc1C[C@]2(C)C(F)(F)F. The summed E-state index contributed by atoms with van der Waals surface area (Å²) in [5, 5.41) is 0. The van der Waals surface area contributed by atoms with Gasteiger partial charge in [0.1, 0.15) is 11.0 Å². The first-order chi connectivity index (χ1) is 9.11. The number of hydrogen-bond donors (Lipinski definition) is 0. The minimum absolute atomic E-state index is 0.00273. The van der Waals surface area contributed by atoms with Crippen molar-refractivity contribution in [3.8, 4) is 0 Å². The second kappa shape index (κ2) is 3.79. The van der Waals surface area contributed by atoms with E-state index in [-0.39, 0.29) is 11.8 Å². The van der Waals surface area contributed by atoms with Gasteiger partial charge in [0, 0.05) is 0 Å². The normalized spacial score (nSPS) is 35.5. The van der Waals surface area contributed by atoms with E-state index in [0.717, 1.165) is 11.1 Å². The second-order valence-corrected chi connectivity index (χ2v) is 7.12. The molecule has 1 heterocycles. The Morgan fingerprint density at radius 1 is 1.10 bits per heavy atom. The van der Waals surface area contributed by atoms with Crippen LogP contribution < -0.4 is 0 Å². The fourth-order valence-electron chi connectivity index (χ4n) is 3.84. The molecule has 0 aromatic heterocycles. The van der Waals surface area contributed by atoms with E-state index in [2.05, 4.69) is 0 Å². The van der Waals surface area contributed by atoms with Gasteiger partial charge in [-0.25, -0.2) is 0 Å². The van der Waals surface area contributed by atoms with Crippen molar-refractivity contribution >= 4 is 0 Å². The number of hydrogen-bond acceptors (Lipinski definition) is 1. The summed E-state index contributed by atoms with van der Waals surface area (Å²) < 4.78 is 47.2. The number of rotatable bonds is 0. The summed E-state index contributed by atoms with van der Waals surface area (Å²) in [5.74, 6) is 0. The molecule has 4 heteroatoms. The number of halogens is 3. The highest BCUT2D eigenvalue weighted by Gasteiger charge is 2.71. The highest BCUT2D eigenvalue weighted by atomic mass is 19.4. The Labute approximate surface area is 117 Å². The van der Waals surface area contributed by atoms with Crippen LogP contribution in [0.15, 0.2) is 24.3 Å². The van der Waals surface area contributed by atoms with E-state index in [0.29, 0.717) is 13.0 Å². The Morgan fingerprint density at radius 3 is 2.30 bits per heavy atom. The highest BCUT2D eigenvalue weighted by molar-refractivity contribution is 5.43. The van der Waals surface area contributed by atoms with E-state index in [1.807, 2.05) is 13.8 Å². The molecule has 0 amide bonds. The van der Waals surface area contributed by atoms with Crippen molar-refractivity contribution in [2.75, 3.05) is 6.61 Å². The largest absolute Gasteiger partial charge is 0.397 e. The molecule has 1 spiro atoms. The number of ether oxygens (including phenoxy) is 1. The lowest BCUT2D eigenvalue weighted by molar-refractivity contribution is -0.277. The van der Waals surface area contributed by atoms with E-state index >= 15 is 0 Å². The van der Waals surface area contributed by atoms with Crippen LogP contribution in [0, 0.1) is 10.8 Å². The van der Waals surface area contributed by atoms with Crippen molar-refractivity contribution in [1.82, 2.24) is 0 Å². The zero-order valence-electron chi connectivity index (χ0n) is 12.0. The van der Waals surface area contributed by atoms with Crippen molar-refractivity contribution in [1.29, 1.82) is 0 Å². The molecule has 1 aliphatic carbocycles. The Hall–Kier alpha value is -1.03. The summed E-state index contributed by atoms with van der Waals surface area (Å²) in [6, 6.07) is 7.20. The van der Waals surface area contributed by atoms with Crippen LogP contribution >= 0.6 is 0 Å². The summed E-state index contributed by atoms with van der Waals surface area (Å²) in [6.45, 7) is 5.63. The molecule has 1 aromatic rings. The molecule has 3 rings (SSSR count). The molecule has 0 N–H and O–H groups in total. The van der Waals surface area contributed by atoms with Gasteiger partial charge in [0.05, 0.1) is 6.61 Å². The molecule has 1 saturated heterocycles. The van der Waals surface area contributed by atoms with Crippen molar-refractivity contribution < 1.29 is 17.9 Å².